The van der Waals surface area contributed by atoms with E-state index in [0.29, 0.717) is 24.2 Å². The Labute approximate surface area is 177 Å². The molecule has 0 unspecified atom stereocenters. The van der Waals surface area contributed by atoms with E-state index < -0.39 is 16.0 Å². The van der Waals surface area contributed by atoms with Crippen LogP contribution in [0.5, 0.6) is 0 Å². The quantitative estimate of drug-likeness (QED) is 0.732. The first-order chi connectivity index (χ1) is 14.3. The third-order valence-electron chi connectivity index (χ3n) is 5.19. The van der Waals surface area contributed by atoms with Gasteiger partial charge in [0, 0.05) is 13.1 Å². The molecule has 2 aromatic carbocycles. The standard InChI is InChI=1S/C22H26N2O5S/c1-16-11-12-17(22(26)29-2)15-20(16)30(27,28)23-19-10-6-5-9-18(19)21(25)24-13-7-3-4-8-14-24/h5-6,9-12,15,23H,3-4,7-8,13-14H2,1-2H3. The zero-order valence-corrected chi connectivity index (χ0v) is 18.0. The molecule has 0 atom stereocenters. The molecule has 1 saturated heterocycles. The number of likely N-dealkylation sites (tertiary alicyclic amines) is 1. The van der Waals surface area contributed by atoms with Crippen LogP contribution in [0.1, 0.15) is 52.0 Å². The van der Waals surface area contributed by atoms with Gasteiger partial charge in [-0.3, -0.25) is 9.52 Å². The first-order valence-corrected chi connectivity index (χ1v) is 11.4. The number of aryl methyl sites for hydroxylation is 1. The van der Waals surface area contributed by atoms with Crippen molar-refractivity contribution in [2.75, 3.05) is 24.9 Å². The summed E-state index contributed by atoms with van der Waals surface area (Å²) in [5.74, 6) is -0.807. The van der Waals surface area contributed by atoms with Crippen molar-refractivity contribution >= 4 is 27.6 Å². The summed E-state index contributed by atoms with van der Waals surface area (Å²) in [5.41, 5.74) is 1.14. The summed E-state index contributed by atoms with van der Waals surface area (Å²) in [5, 5.41) is 0. The predicted octanol–water partition coefficient (Wildman–Crippen LogP) is 3.60. The largest absolute Gasteiger partial charge is 0.465 e. The molecule has 2 aromatic rings. The summed E-state index contributed by atoms with van der Waals surface area (Å²) in [6, 6.07) is 10.9. The number of amides is 1. The maximum absolute atomic E-state index is 13.1. The van der Waals surface area contributed by atoms with Crippen LogP contribution < -0.4 is 4.72 Å². The van der Waals surface area contributed by atoms with Crippen LogP contribution in [0.15, 0.2) is 47.4 Å². The summed E-state index contributed by atoms with van der Waals surface area (Å²) < 4.78 is 33.4. The molecule has 0 saturated carbocycles. The van der Waals surface area contributed by atoms with Crippen molar-refractivity contribution in [1.29, 1.82) is 0 Å². The highest BCUT2D eigenvalue weighted by molar-refractivity contribution is 7.92. The lowest BCUT2D eigenvalue weighted by atomic mass is 10.1. The van der Waals surface area contributed by atoms with E-state index in [9.17, 15) is 18.0 Å². The highest BCUT2D eigenvalue weighted by Gasteiger charge is 2.24. The van der Waals surface area contributed by atoms with E-state index >= 15 is 0 Å². The summed E-state index contributed by atoms with van der Waals surface area (Å²) in [6.07, 6.45) is 4.07. The van der Waals surface area contributed by atoms with Crippen LogP contribution >= 0.6 is 0 Å². The van der Waals surface area contributed by atoms with Gasteiger partial charge in [-0.2, -0.15) is 0 Å². The minimum atomic E-state index is -4.03. The number of esters is 1. The highest BCUT2D eigenvalue weighted by atomic mass is 32.2. The summed E-state index contributed by atoms with van der Waals surface area (Å²) >= 11 is 0. The molecule has 0 aliphatic carbocycles. The Hall–Kier alpha value is -2.87. The molecule has 0 bridgehead atoms. The van der Waals surface area contributed by atoms with Crippen molar-refractivity contribution in [3.05, 3.63) is 59.2 Å². The minimum absolute atomic E-state index is 0.0394. The van der Waals surface area contributed by atoms with Gasteiger partial charge < -0.3 is 9.64 Å². The van der Waals surface area contributed by atoms with Crippen LogP contribution in [0.2, 0.25) is 0 Å². The smallest absolute Gasteiger partial charge is 0.337 e. The monoisotopic (exact) mass is 430 g/mol. The van der Waals surface area contributed by atoms with Crippen molar-refractivity contribution < 1.29 is 22.7 Å². The van der Waals surface area contributed by atoms with Crippen LogP contribution in [-0.4, -0.2) is 45.4 Å². The Morgan fingerprint density at radius 1 is 1.00 bits per heavy atom. The van der Waals surface area contributed by atoms with Gasteiger partial charge in [-0.05, 0) is 49.6 Å². The van der Waals surface area contributed by atoms with Crippen LogP contribution in [0.25, 0.3) is 0 Å². The van der Waals surface area contributed by atoms with Gasteiger partial charge in [0.25, 0.3) is 15.9 Å². The van der Waals surface area contributed by atoms with E-state index in [4.69, 9.17) is 0 Å². The molecule has 1 heterocycles. The molecule has 160 valence electrons. The molecule has 1 amide bonds. The number of sulfonamides is 1. The van der Waals surface area contributed by atoms with Gasteiger partial charge in [-0.25, -0.2) is 13.2 Å². The van der Waals surface area contributed by atoms with E-state index in [-0.39, 0.29) is 22.1 Å². The minimum Gasteiger partial charge on any atom is -0.465 e. The van der Waals surface area contributed by atoms with E-state index in [0.717, 1.165) is 25.7 Å². The van der Waals surface area contributed by atoms with Gasteiger partial charge in [0.1, 0.15) is 0 Å². The normalized spacial score (nSPS) is 14.7. The fourth-order valence-corrected chi connectivity index (χ4v) is 4.89. The Morgan fingerprint density at radius 3 is 2.33 bits per heavy atom. The molecule has 0 spiro atoms. The lowest BCUT2D eigenvalue weighted by Crippen LogP contribution is -2.32. The van der Waals surface area contributed by atoms with E-state index in [1.54, 1.807) is 42.2 Å². The van der Waals surface area contributed by atoms with Crippen LogP contribution in [-0.2, 0) is 14.8 Å². The highest BCUT2D eigenvalue weighted by Crippen LogP contribution is 2.25. The van der Waals surface area contributed by atoms with Gasteiger partial charge in [0.15, 0.2) is 0 Å². The summed E-state index contributed by atoms with van der Waals surface area (Å²) in [6.45, 7) is 2.98. The lowest BCUT2D eigenvalue weighted by Gasteiger charge is -2.22. The SMILES string of the molecule is COC(=O)c1ccc(C)c(S(=O)(=O)Nc2ccccc2C(=O)N2CCCCCC2)c1. The second-order valence-corrected chi connectivity index (χ2v) is 8.98. The van der Waals surface area contributed by atoms with Crippen molar-refractivity contribution in [3.63, 3.8) is 0 Å². The number of hydrogen-bond acceptors (Lipinski definition) is 5. The van der Waals surface area contributed by atoms with Crippen molar-refractivity contribution in [2.24, 2.45) is 0 Å². The maximum atomic E-state index is 13.1. The average molecular weight is 431 g/mol. The Morgan fingerprint density at radius 2 is 1.67 bits per heavy atom. The number of hydrogen-bond donors (Lipinski definition) is 1. The Bertz CT molecular complexity index is 1040. The first-order valence-electron chi connectivity index (χ1n) is 9.93. The molecular formula is C22H26N2O5S. The topological polar surface area (TPSA) is 92.8 Å². The lowest BCUT2D eigenvalue weighted by molar-refractivity contribution is 0.0600. The van der Waals surface area contributed by atoms with Crippen molar-refractivity contribution in [3.8, 4) is 0 Å². The number of ether oxygens (including phenoxy) is 1. The van der Waals surface area contributed by atoms with E-state index in [1.165, 1.54) is 19.2 Å². The summed E-state index contributed by atoms with van der Waals surface area (Å²) in [7, 11) is -2.80. The zero-order chi connectivity index (χ0) is 21.7. The van der Waals surface area contributed by atoms with Gasteiger partial charge in [-0.1, -0.05) is 31.0 Å². The number of nitrogens with zero attached hydrogens (tertiary/aromatic N) is 1. The molecule has 1 aliphatic heterocycles. The first kappa shape index (κ1) is 21.8. The van der Waals surface area contributed by atoms with Gasteiger partial charge in [0.05, 0.1) is 28.8 Å². The maximum Gasteiger partial charge on any atom is 0.337 e. The number of carbonyl (C=O) groups is 2. The molecule has 0 radical (unpaired) electrons. The van der Waals surface area contributed by atoms with E-state index in [1.807, 2.05) is 0 Å². The van der Waals surface area contributed by atoms with Gasteiger partial charge >= 0.3 is 5.97 Å². The Kier molecular flexibility index (Phi) is 6.77. The molecule has 8 heteroatoms. The number of methoxy groups -OCH3 is 1. The fraction of sp³-hybridized carbons (Fsp3) is 0.364. The third kappa shape index (κ3) is 4.81. The van der Waals surface area contributed by atoms with Crippen LogP contribution in [0.3, 0.4) is 0 Å². The average Bonchev–Trinajstić information content (AvgIpc) is 3.02. The molecule has 0 aromatic heterocycles. The number of nitrogens with one attached hydrogen (secondary N) is 1. The fourth-order valence-electron chi connectivity index (χ4n) is 3.54. The zero-order valence-electron chi connectivity index (χ0n) is 17.2. The number of para-hydroxylation sites is 1. The van der Waals surface area contributed by atoms with Crippen molar-refractivity contribution in [2.45, 2.75) is 37.5 Å². The number of anilines is 1. The van der Waals surface area contributed by atoms with Crippen LogP contribution in [0.4, 0.5) is 5.69 Å². The molecule has 1 N–H and O–H groups in total. The summed E-state index contributed by atoms with van der Waals surface area (Å²) in [4.78, 5) is 26.6. The second-order valence-electron chi connectivity index (χ2n) is 7.33. The number of benzene rings is 2. The van der Waals surface area contributed by atoms with Crippen LogP contribution in [0, 0.1) is 6.92 Å². The molecule has 3 rings (SSSR count). The predicted molar refractivity (Wildman–Crippen MR) is 114 cm³/mol. The van der Waals surface area contributed by atoms with Gasteiger partial charge in [-0.15, -0.1) is 0 Å². The Balaban J connectivity index is 1.93. The number of rotatable bonds is 5. The third-order valence-corrected chi connectivity index (χ3v) is 6.70. The molecular weight excluding hydrogens is 404 g/mol. The molecule has 30 heavy (non-hydrogen) atoms. The van der Waals surface area contributed by atoms with Crippen molar-refractivity contribution in [1.82, 2.24) is 4.90 Å². The second kappa shape index (κ2) is 9.30. The molecule has 7 nitrogen and oxygen atoms in total. The van der Waals surface area contributed by atoms with Gasteiger partial charge in [0.2, 0.25) is 0 Å². The number of carbonyl (C=O) groups excluding carboxylic acids is 2. The molecule has 1 aliphatic rings. The molecule has 1 fully saturated rings. The van der Waals surface area contributed by atoms with E-state index in [2.05, 4.69) is 9.46 Å².